The summed E-state index contributed by atoms with van der Waals surface area (Å²) < 4.78 is 16.3. The number of urea groups is 1. The van der Waals surface area contributed by atoms with Gasteiger partial charge in [-0.25, -0.2) is 19.6 Å². The van der Waals surface area contributed by atoms with E-state index in [0.29, 0.717) is 32.1 Å². The number of hydrogen-bond acceptors (Lipinski definition) is 8. The van der Waals surface area contributed by atoms with Gasteiger partial charge in [0.15, 0.2) is 0 Å². The number of quaternary nitrogens is 1. The Morgan fingerprint density at radius 3 is 2.58 bits per heavy atom. The minimum atomic E-state index is -0.289. The maximum Gasteiger partial charge on any atom is 0.419 e. The van der Waals surface area contributed by atoms with Crippen molar-refractivity contribution in [1.82, 2.24) is 14.9 Å². The van der Waals surface area contributed by atoms with Crippen molar-refractivity contribution in [1.29, 1.82) is 0 Å². The number of hydrogen-bond donors (Lipinski definition) is 2. The molecular weight excluding hydrogens is 512 g/mol. The number of nitrogens with one attached hydrogen (secondary N) is 2. The second-order valence-electron chi connectivity index (χ2n) is 10.4. The highest BCUT2D eigenvalue weighted by Gasteiger charge is 2.30. The first kappa shape index (κ1) is 26.3. The predicted molar refractivity (Wildman–Crippen MR) is 149 cm³/mol. The third-order valence-corrected chi connectivity index (χ3v) is 7.91. The van der Waals surface area contributed by atoms with Gasteiger partial charge in [-0.05, 0) is 36.4 Å². The zero-order valence-corrected chi connectivity index (χ0v) is 22.5. The van der Waals surface area contributed by atoms with Crippen LogP contribution in [0.1, 0.15) is 24.5 Å². The van der Waals surface area contributed by atoms with Crippen LogP contribution in [0.15, 0.2) is 48.8 Å². The number of nitrogens with zero attached hydrogens (tertiary/aromatic N) is 4. The first-order chi connectivity index (χ1) is 19.6. The molecular formula is C29H35N6O5+. The molecule has 2 N–H and O–H groups in total. The Morgan fingerprint density at radius 1 is 1.02 bits per heavy atom. The maximum absolute atomic E-state index is 13.0. The van der Waals surface area contributed by atoms with Gasteiger partial charge in [0.2, 0.25) is 0 Å². The summed E-state index contributed by atoms with van der Waals surface area (Å²) in [4.78, 5) is 38.5. The summed E-state index contributed by atoms with van der Waals surface area (Å²) in [5.41, 5.74) is 3.82. The quantitative estimate of drug-likeness (QED) is 0.464. The molecule has 4 heterocycles. The number of anilines is 2. The zero-order valence-electron chi connectivity index (χ0n) is 22.5. The van der Waals surface area contributed by atoms with E-state index >= 15 is 0 Å². The molecule has 3 fully saturated rings. The van der Waals surface area contributed by atoms with E-state index in [0.717, 1.165) is 85.1 Å². The number of rotatable bonds is 7. The number of amides is 3. The summed E-state index contributed by atoms with van der Waals surface area (Å²) >= 11 is 0. The van der Waals surface area contributed by atoms with Crippen molar-refractivity contribution in [2.45, 2.75) is 18.8 Å². The smallest absolute Gasteiger partial charge is 0.419 e. The van der Waals surface area contributed by atoms with Crippen LogP contribution in [0.25, 0.3) is 10.9 Å². The van der Waals surface area contributed by atoms with Crippen LogP contribution in [0.3, 0.4) is 0 Å². The lowest BCUT2D eigenvalue weighted by Gasteiger charge is -2.29. The number of piperidine rings is 1. The SMILES string of the molecule is O=C1OCCN1CCOc1ccc2c(C3CC[NH+](C(=O)Nc4ccc(N5CCOCC5)cc4)CC3)ncnc2c1. The van der Waals surface area contributed by atoms with Gasteiger partial charge in [0.1, 0.15) is 25.3 Å². The molecule has 40 heavy (non-hydrogen) atoms. The van der Waals surface area contributed by atoms with Crippen molar-refractivity contribution >= 4 is 34.4 Å². The largest absolute Gasteiger partial charge is 0.492 e. The molecule has 3 aliphatic rings. The van der Waals surface area contributed by atoms with Crippen LogP contribution in [0, 0.1) is 0 Å². The molecule has 3 amide bonds. The van der Waals surface area contributed by atoms with Gasteiger partial charge in [0, 0.05) is 54.7 Å². The van der Waals surface area contributed by atoms with Crippen molar-refractivity contribution < 1.29 is 28.7 Å². The van der Waals surface area contributed by atoms with Gasteiger partial charge in [0.25, 0.3) is 0 Å². The Morgan fingerprint density at radius 2 is 1.82 bits per heavy atom. The van der Waals surface area contributed by atoms with Crippen molar-refractivity contribution in [3.05, 3.63) is 54.5 Å². The second kappa shape index (κ2) is 12.1. The molecule has 0 aliphatic carbocycles. The number of cyclic esters (lactones) is 1. The fraction of sp³-hybridized carbons (Fsp3) is 0.448. The first-order valence-electron chi connectivity index (χ1n) is 14.0. The summed E-state index contributed by atoms with van der Waals surface area (Å²) in [6, 6.07) is 13.9. The normalized spacial score (nSPS) is 21.4. The van der Waals surface area contributed by atoms with Gasteiger partial charge >= 0.3 is 12.1 Å². The van der Waals surface area contributed by atoms with Crippen LogP contribution in [0.5, 0.6) is 5.75 Å². The molecule has 3 aliphatic heterocycles. The minimum absolute atomic E-state index is 0.00843. The predicted octanol–water partition coefficient (Wildman–Crippen LogP) is 2.29. The summed E-state index contributed by atoms with van der Waals surface area (Å²) in [5.74, 6) is 0.974. The van der Waals surface area contributed by atoms with Crippen LogP contribution in [-0.4, -0.2) is 92.7 Å². The zero-order chi connectivity index (χ0) is 27.3. The lowest BCUT2D eigenvalue weighted by Crippen LogP contribution is -3.16. The number of fused-ring (bicyclic) bond motifs is 1. The van der Waals surface area contributed by atoms with Crippen LogP contribution < -0.4 is 19.9 Å². The summed E-state index contributed by atoms with van der Waals surface area (Å²) in [6.45, 7) is 6.67. The fourth-order valence-electron chi connectivity index (χ4n) is 5.64. The third kappa shape index (κ3) is 5.95. The van der Waals surface area contributed by atoms with Crippen molar-refractivity contribution in [2.75, 3.05) is 75.9 Å². The van der Waals surface area contributed by atoms with E-state index in [1.165, 1.54) is 0 Å². The van der Waals surface area contributed by atoms with Gasteiger partial charge in [-0.15, -0.1) is 0 Å². The van der Waals surface area contributed by atoms with Gasteiger partial charge in [-0.2, -0.15) is 0 Å². The maximum atomic E-state index is 13.0. The van der Waals surface area contributed by atoms with E-state index < -0.39 is 0 Å². The molecule has 210 valence electrons. The van der Waals surface area contributed by atoms with Gasteiger partial charge in [0.05, 0.1) is 50.6 Å². The summed E-state index contributed by atoms with van der Waals surface area (Å²) in [5, 5.41) is 4.09. The van der Waals surface area contributed by atoms with E-state index in [9.17, 15) is 9.59 Å². The first-order valence-corrected chi connectivity index (χ1v) is 14.0. The molecule has 0 saturated carbocycles. The molecule has 0 bridgehead atoms. The van der Waals surface area contributed by atoms with Gasteiger partial charge in [-0.3, -0.25) is 10.2 Å². The second-order valence-corrected chi connectivity index (χ2v) is 10.4. The average Bonchev–Trinajstić information content (AvgIpc) is 3.42. The van der Waals surface area contributed by atoms with E-state index in [1.54, 1.807) is 11.2 Å². The molecule has 1 aromatic heterocycles. The molecule has 0 unspecified atom stereocenters. The fourth-order valence-corrected chi connectivity index (χ4v) is 5.64. The Labute approximate surface area is 233 Å². The Hall–Kier alpha value is -3.96. The number of likely N-dealkylation sites (tertiary alicyclic amines) is 1. The molecule has 3 saturated heterocycles. The van der Waals surface area contributed by atoms with Crippen LogP contribution in [0.4, 0.5) is 21.0 Å². The van der Waals surface area contributed by atoms with Crippen molar-refractivity contribution in [3.8, 4) is 5.75 Å². The molecule has 2 aromatic carbocycles. The lowest BCUT2D eigenvalue weighted by atomic mass is 9.91. The molecule has 11 heteroatoms. The van der Waals surface area contributed by atoms with Gasteiger partial charge < -0.3 is 24.0 Å². The monoisotopic (exact) mass is 547 g/mol. The molecule has 3 aromatic rings. The standard InChI is InChI=1S/C29H34N6O5/c36-28(32-22-1-3-23(4-2-22)33-11-15-38-16-12-33)34-9-7-21(8-10-34)27-25-6-5-24(19-26(25)30-20-31-27)39-17-13-35-14-18-40-29(35)37/h1-6,19-21H,7-18H2,(H,32,36)/p+1. The van der Waals surface area contributed by atoms with Crippen LogP contribution in [0.2, 0.25) is 0 Å². The highest BCUT2D eigenvalue weighted by Crippen LogP contribution is 2.30. The summed E-state index contributed by atoms with van der Waals surface area (Å²) in [6.07, 6.45) is 3.06. The number of carbonyl (C=O) groups is 2. The molecule has 6 rings (SSSR count). The highest BCUT2D eigenvalue weighted by atomic mass is 16.6. The number of aromatic nitrogens is 2. The van der Waals surface area contributed by atoms with E-state index in [2.05, 4.69) is 32.3 Å². The number of benzene rings is 2. The van der Waals surface area contributed by atoms with E-state index in [-0.39, 0.29) is 18.0 Å². The Balaban J connectivity index is 1.02. The highest BCUT2D eigenvalue weighted by molar-refractivity contribution is 5.84. The third-order valence-electron chi connectivity index (χ3n) is 7.91. The number of morpholine rings is 1. The van der Waals surface area contributed by atoms with E-state index in [1.807, 2.05) is 30.3 Å². The molecule has 11 nitrogen and oxygen atoms in total. The molecule has 0 radical (unpaired) electrons. The number of carbonyl (C=O) groups excluding carboxylic acids is 2. The minimum Gasteiger partial charge on any atom is -0.492 e. The summed E-state index contributed by atoms with van der Waals surface area (Å²) in [7, 11) is 0. The Bertz CT molecular complexity index is 1340. The van der Waals surface area contributed by atoms with Crippen LogP contribution in [-0.2, 0) is 9.47 Å². The van der Waals surface area contributed by atoms with E-state index in [4.69, 9.17) is 14.2 Å². The lowest BCUT2D eigenvalue weighted by molar-refractivity contribution is -0.819. The number of ether oxygens (including phenoxy) is 3. The van der Waals surface area contributed by atoms with Crippen LogP contribution >= 0.6 is 0 Å². The molecule has 0 spiro atoms. The average molecular weight is 548 g/mol. The van der Waals surface area contributed by atoms with Gasteiger partial charge in [-0.1, -0.05) is 0 Å². The van der Waals surface area contributed by atoms with Crippen molar-refractivity contribution in [2.24, 2.45) is 0 Å². The molecule has 0 atom stereocenters. The topological polar surface area (TPSA) is 111 Å². The van der Waals surface area contributed by atoms with Crippen molar-refractivity contribution in [3.63, 3.8) is 0 Å². The Kier molecular flexibility index (Phi) is 7.92.